The number of amides is 1. The number of H-pyrrole nitrogens is 1. The topological polar surface area (TPSA) is 86.9 Å². The third-order valence-corrected chi connectivity index (χ3v) is 6.02. The highest BCUT2D eigenvalue weighted by molar-refractivity contribution is 6.10. The minimum atomic E-state index is -0.174. The number of Topliss-reactive ketones (excluding diaryl/α,β-unsaturated/α-hetero) is 1. The van der Waals surface area contributed by atoms with Crippen LogP contribution in [0.15, 0.2) is 48.7 Å². The Morgan fingerprint density at radius 1 is 1.21 bits per heavy atom. The maximum Gasteiger partial charge on any atom is 0.222 e. The summed E-state index contributed by atoms with van der Waals surface area (Å²) in [6.45, 7) is 3.61. The SMILES string of the molecule is CC(=O)Nc1cc(-c2[nH]c3c(c2Nc2ccccc2)C(=O)[C@@H]2[C@H](C)[C@@H]2C3)ccn1. The molecule has 1 amide bonds. The van der Waals surface area contributed by atoms with E-state index < -0.39 is 0 Å². The van der Waals surface area contributed by atoms with Crippen LogP contribution in [0, 0.1) is 17.8 Å². The van der Waals surface area contributed by atoms with Gasteiger partial charge in [0, 0.05) is 36.0 Å². The zero-order valence-corrected chi connectivity index (χ0v) is 16.3. The summed E-state index contributed by atoms with van der Waals surface area (Å²) in [5.41, 5.74) is 5.19. The van der Waals surface area contributed by atoms with Gasteiger partial charge in [-0.1, -0.05) is 25.1 Å². The molecule has 0 saturated heterocycles. The molecule has 1 aromatic carbocycles. The lowest BCUT2D eigenvalue weighted by molar-refractivity contribution is -0.114. The number of para-hydroxylation sites is 1. The molecule has 2 aliphatic rings. The van der Waals surface area contributed by atoms with Crippen LogP contribution in [0.1, 0.15) is 29.9 Å². The van der Waals surface area contributed by atoms with Crippen molar-refractivity contribution in [1.82, 2.24) is 9.97 Å². The average Bonchev–Trinajstić information content (AvgIpc) is 3.20. The van der Waals surface area contributed by atoms with Crippen LogP contribution in [0.3, 0.4) is 0 Å². The van der Waals surface area contributed by atoms with Crippen molar-refractivity contribution in [3.05, 3.63) is 59.9 Å². The Hall–Kier alpha value is -3.41. The van der Waals surface area contributed by atoms with Gasteiger partial charge in [0.25, 0.3) is 0 Å². The summed E-state index contributed by atoms with van der Waals surface area (Å²) in [4.78, 5) is 32.3. The first-order valence-corrected chi connectivity index (χ1v) is 9.88. The molecular weight excluding hydrogens is 364 g/mol. The molecule has 3 atom stereocenters. The predicted molar refractivity (Wildman–Crippen MR) is 112 cm³/mol. The summed E-state index contributed by atoms with van der Waals surface area (Å²) in [7, 11) is 0. The first-order valence-electron chi connectivity index (χ1n) is 9.88. The van der Waals surface area contributed by atoms with E-state index in [-0.39, 0.29) is 17.6 Å². The fraction of sp³-hybridized carbons (Fsp3) is 0.261. The minimum Gasteiger partial charge on any atom is -0.356 e. The monoisotopic (exact) mass is 386 g/mol. The number of ketones is 1. The molecular formula is C23H22N4O2. The lowest BCUT2D eigenvalue weighted by Crippen LogP contribution is -2.14. The molecule has 29 heavy (non-hydrogen) atoms. The number of hydrogen-bond donors (Lipinski definition) is 3. The van der Waals surface area contributed by atoms with E-state index in [1.807, 2.05) is 42.5 Å². The van der Waals surface area contributed by atoms with E-state index >= 15 is 0 Å². The summed E-state index contributed by atoms with van der Waals surface area (Å²) in [6, 6.07) is 13.5. The highest BCUT2D eigenvalue weighted by Crippen LogP contribution is 2.55. The molecule has 146 valence electrons. The molecule has 2 aromatic heterocycles. The maximum atomic E-state index is 13.2. The van der Waals surface area contributed by atoms with Gasteiger partial charge in [-0.05, 0) is 42.5 Å². The first kappa shape index (κ1) is 17.7. The second-order valence-electron chi connectivity index (χ2n) is 7.95. The van der Waals surface area contributed by atoms with Crippen LogP contribution in [0.4, 0.5) is 17.2 Å². The van der Waals surface area contributed by atoms with Crippen LogP contribution in [0.2, 0.25) is 0 Å². The summed E-state index contributed by atoms with van der Waals surface area (Å²) < 4.78 is 0. The van der Waals surface area contributed by atoms with E-state index in [0.717, 1.165) is 40.3 Å². The van der Waals surface area contributed by atoms with E-state index in [2.05, 4.69) is 27.5 Å². The van der Waals surface area contributed by atoms with Gasteiger partial charge in [-0.15, -0.1) is 0 Å². The average molecular weight is 386 g/mol. The number of aromatic amines is 1. The van der Waals surface area contributed by atoms with E-state index in [0.29, 0.717) is 17.7 Å². The molecule has 0 aliphatic heterocycles. The van der Waals surface area contributed by atoms with Crippen molar-refractivity contribution in [2.24, 2.45) is 17.8 Å². The number of benzene rings is 1. The van der Waals surface area contributed by atoms with Crippen molar-refractivity contribution in [3.8, 4) is 11.3 Å². The Kier molecular flexibility index (Phi) is 4.01. The number of carbonyl (C=O) groups excluding carboxylic acids is 2. The van der Waals surface area contributed by atoms with Gasteiger partial charge in [-0.3, -0.25) is 9.59 Å². The van der Waals surface area contributed by atoms with Crippen LogP contribution in [0.25, 0.3) is 11.3 Å². The minimum absolute atomic E-state index is 0.134. The van der Waals surface area contributed by atoms with Crippen molar-refractivity contribution >= 4 is 28.9 Å². The molecule has 0 spiro atoms. The Bertz CT molecular complexity index is 1120. The number of carbonyl (C=O) groups is 2. The van der Waals surface area contributed by atoms with Gasteiger partial charge in [0.05, 0.1) is 16.9 Å². The zero-order chi connectivity index (χ0) is 20.1. The molecule has 2 aliphatic carbocycles. The molecule has 6 heteroatoms. The largest absolute Gasteiger partial charge is 0.356 e. The Morgan fingerprint density at radius 2 is 2.00 bits per heavy atom. The second-order valence-corrected chi connectivity index (χ2v) is 7.95. The molecule has 5 rings (SSSR count). The van der Waals surface area contributed by atoms with E-state index in [4.69, 9.17) is 0 Å². The molecule has 2 heterocycles. The van der Waals surface area contributed by atoms with Crippen molar-refractivity contribution in [3.63, 3.8) is 0 Å². The van der Waals surface area contributed by atoms with E-state index in [1.165, 1.54) is 6.92 Å². The lowest BCUT2D eigenvalue weighted by Gasteiger charge is -2.13. The van der Waals surface area contributed by atoms with Crippen LogP contribution in [-0.2, 0) is 11.2 Å². The molecule has 1 fully saturated rings. The number of pyridine rings is 1. The number of nitrogens with one attached hydrogen (secondary N) is 3. The highest BCUT2D eigenvalue weighted by Gasteiger charge is 2.55. The quantitative estimate of drug-likeness (QED) is 0.620. The van der Waals surface area contributed by atoms with Gasteiger partial charge in [-0.25, -0.2) is 4.98 Å². The number of hydrogen-bond acceptors (Lipinski definition) is 4. The smallest absolute Gasteiger partial charge is 0.222 e. The number of anilines is 3. The standard InChI is InChI=1S/C23H22N4O2/c1-12-16-11-17-20(23(29)19(12)16)22(26-15-6-4-3-5-7-15)21(27-17)14-8-9-24-18(10-14)25-13(2)28/h3-10,12,16,19,26-27H,11H2,1-2H3,(H,24,25,28)/t12-,16+,19-/m1/s1. The third kappa shape index (κ3) is 3.01. The third-order valence-electron chi connectivity index (χ3n) is 6.02. The van der Waals surface area contributed by atoms with Gasteiger partial charge in [0.2, 0.25) is 5.91 Å². The summed E-state index contributed by atoms with van der Waals surface area (Å²) in [6.07, 6.45) is 2.55. The molecule has 0 unspecified atom stereocenters. The normalized spacial score (nSPS) is 21.9. The fourth-order valence-corrected chi connectivity index (χ4v) is 4.51. The van der Waals surface area contributed by atoms with Crippen LogP contribution < -0.4 is 10.6 Å². The Balaban J connectivity index is 1.62. The van der Waals surface area contributed by atoms with Crippen LogP contribution in [0.5, 0.6) is 0 Å². The molecule has 3 aromatic rings. The number of rotatable bonds is 4. The van der Waals surface area contributed by atoms with E-state index in [1.54, 1.807) is 6.20 Å². The van der Waals surface area contributed by atoms with Gasteiger partial charge >= 0.3 is 0 Å². The molecule has 0 radical (unpaired) electrons. The summed E-state index contributed by atoms with van der Waals surface area (Å²) in [5, 5.41) is 6.19. The lowest BCUT2D eigenvalue weighted by atomic mass is 9.95. The van der Waals surface area contributed by atoms with Crippen molar-refractivity contribution < 1.29 is 9.59 Å². The summed E-state index contributed by atoms with van der Waals surface area (Å²) in [5.74, 6) is 1.56. The van der Waals surface area contributed by atoms with Crippen molar-refractivity contribution in [2.75, 3.05) is 10.6 Å². The van der Waals surface area contributed by atoms with Gasteiger partial charge < -0.3 is 15.6 Å². The van der Waals surface area contributed by atoms with E-state index in [9.17, 15) is 9.59 Å². The predicted octanol–water partition coefficient (Wildman–Crippen LogP) is 4.40. The highest BCUT2D eigenvalue weighted by atomic mass is 16.1. The van der Waals surface area contributed by atoms with Crippen LogP contribution in [-0.4, -0.2) is 21.7 Å². The first-order chi connectivity index (χ1) is 14.0. The zero-order valence-electron chi connectivity index (χ0n) is 16.3. The van der Waals surface area contributed by atoms with Crippen molar-refractivity contribution in [2.45, 2.75) is 20.3 Å². The Labute approximate surface area is 168 Å². The number of aromatic nitrogens is 2. The Morgan fingerprint density at radius 3 is 2.76 bits per heavy atom. The fourth-order valence-electron chi connectivity index (χ4n) is 4.51. The molecule has 1 saturated carbocycles. The number of fused-ring (bicyclic) bond motifs is 2. The second kappa shape index (κ2) is 6.58. The van der Waals surface area contributed by atoms with Gasteiger partial charge in [0.1, 0.15) is 5.82 Å². The molecule has 0 bridgehead atoms. The van der Waals surface area contributed by atoms with Crippen LogP contribution >= 0.6 is 0 Å². The molecule has 3 N–H and O–H groups in total. The summed E-state index contributed by atoms with van der Waals surface area (Å²) >= 11 is 0. The molecule has 6 nitrogen and oxygen atoms in total. The van der Waals surface area contributed by atoms with Gasteiger partial charge in [-0.2, -0.15) is 0 Å². The van der Waals surface area contributed by atoms with Gasteiger partial charge in [0.15, 0.2) is 5.78 Å². The number of nitrogens with zero attached hydrogens (tertiary/aromatic N) is 1. The van der Waals surface area contributed by atoms with Crippen molar-refractivity contribution in [1.29, 1.82) is 0 Å². The maximum absolute atomic E-state index is 13.2.